The van der Waals surface area contributed by atoms with Crippen LogP contribution in [0.2, 0.25) is 0 Å². The Bertz CT molecular complexity index is 433. The highest BCUT2D eigenvalue weighted by atomic mass is 16.5. The lowest BCUT2D eigenvalue weighted by molar-refractivity contribution is -0.0708. The van der Waals surface area contributed by atoms with Crippen LogP contribution < -0.4 is 0 Å². The van der Waals surface area contributed by atoms with E-state index >= 15 is 0 Å². The monoisotopic (exact) mass is 263 g/mol. The molecule has 3 unspecified atom stereocenters. The summed E-state index contributed by atoms with van der Waals surface area (Å²) in [4.78, 5) is 2.46. The average molecular weight is 263 g/mol. The van der Waals surface area contributed by atoms with E-state index in [1.165, 1.54) is 5.56 Å². The van der Waals surface area contributed by atoms with Gasteiger partial charge in [-0.1, -0.05) is 24.6 Å². The van der Waals surface area contributed by atoms with Gasteiger partial charge in [-0.2, -0.15) is 0 Å². The van der Waals surface area contributed by atoms with Gasteiger partial charge in [0.25, 0.3) is 0 Å². The largest absolute Gasteiger partial charge is 0.508 e. The van der Waals surface area contributed by atoms with Crippen LogP contribution >= 0.6 is 0 Å². The van der Waals surface area contributed by atoms with E-state index in [9.17, 15) is 5.11 Å². The third kappa shape index (κ3) is 3.10. The van der Waals surface area contributed by atoms with E-state index in [4.69, 9.17) is 4.74 Å². The molecule has 19 heavy (non-hydrogen) atoms. The van der Waals surface area contributed by atoms with Crippen LogP contribution in [0, 0.1) is 6.92 Å². The smallest absolute Gasteiger partial charge is 0.120 e. The normalized spacial score (nSPS) is 26.3. The maximum Gasteiger partial charge on any atom is 0.120 e. The molecule has 3 atom stereocenters. The van der Waals surface area contributed by atoms with Gasteiger partial charge >= 0.3 is 0 Å². The van der Waals surface area contributed by atoms with Crippen LogP contribution in [0.15, 0.2) is 18.2 Å². The van der Waals surface area contributed by atoms with Crippen LogP contribution in [0.25, 0.3) is 0 Å². The summed E-state index contributed by atoms with van der Waals surface area (Å²) < 4.78 is 5.75. The Hall–Kier alpha value is -1.06. The number of ether oxygens (including phenoxy) is 1. The third-order valence-corrected chi connectivity index (χ3v) is 4.11. The minimum absolute atomic E-state index is 0.219. The maximum atomic E-state index is 10.1. The van der Waals surface area contributed by atoms with Crippen molar-refractivity contribution >= 4 is 0 Å². The first kappa shape index (κ1) is 14.4. The molecule has 1 heterocycles. The Balaban J connectivity index is 2.25. The topological polar surface area (TPSA) is 32.7 Å². The summed E-state index contributed by atoms with van der Waals surface area (Å²) in [5.41, 5.74) is 2.21. The summed E-state index contributed by atoms with van der Waals surface area (Å²) in [5, 5.41) is 10.1. The molecule has 2 rings (SSSR count). The molecule has 1 aromatic rings. The van der Waals surface area contributed by atoms with Gasteiger partial charge in [-0.05, 0) is 33.3 Å². The molecule has 0 bridgehead atoms. The SMILES string of the molecule is CCC1COC(C)CN1C(C)c1cc(C)ccc1O. The van der Waals surface area contributed by atoms with Crippen molar-refractivity contribution in [3.8, 4) is 5.75 Å². The molecule has 3 heteroatoms. The van der Waals surface area contributed by atoms with Crippen molar-refractivity contribution in [3.05, 3.63) is 29.3 Å². The van der Waals surface area contributed by atoms with Gasteiger partial charge in [0.15, 0.2) is 0 Å². The number of rotatable bonds is 3. The zero-order valence-corrected chi connectivity index (χ0v) is 12.4. The number of benzene rings is 1. The molecule has 0 spiro atoms. The Morgan fingerprint density at radius 2 is 2.21 bits per heavy atom. The van der Waals surface area contributed by atoms with Crippen molar-refractivity contribution in [1.82, 2.24) is 4.90 Å². The molecule has 1 saturated heterocycles. The summed E-state index contributed by atoms with van der Waals surface area (Å²) in [7, 11) is 0. The van der Waals surface area contributed by atoms with E-state index < -0.39 is 0 Å². The molecular weight excluding hydrogens is 238 g/mol. The second kappa shape index (κ2) is 5.93. The molecule has 0 radical (unpaired) electrons. The molecule has 1 aliphatic heterocycles. The Morgan fingerprint density at radius 3 is 2.89 bits per heavy atom. The number of aromatic hydroxyl groups is 1. The summed E-state index contributed by atoms with van der Waals surface area (Å²) in [6.45, 7) is 10.3. The zero-order valence-electron chi connectivity index (χ0n) is 12.4. The molecule has 0 saturated carbocycles. The fraction of sp³-hybridized carbons (Fsp3) is 0.625. The van der Waals surface area contributed by atoms with Crippen molar-refractivity contribution in [2.45, 2.75) is 52.3 Å². The quantitative estimate of drug-likeness (QED) is 0.908. The van der Waals surface area contributed by atoms with E-state index in [2.05, 4.69) is 38.7 Å². The predicted octanol–water partition coefficient (Wildman–Crippen LogP) is 3.26. The summed E-state index contributed by atoms with van der Waals surface area (Å²) in [6.07, 6.45) is 1.33. The molecule has 0 amide bonds. The number of morpholine rings is 1. The van der Waals surface area contributed by atoms with Gasteiger partial charge < -0.3 is 9.84 Å². The molecule has 3 nitrogen and oxygen atoms in total. The van der Waals surface area contributed by atoms with Gasteiger partial charge in [-0.25, -0.2) is 0 Å². The number of hydrogen-bond donors (Lipinski definition) is 1. The molecule has 106 valence electrons. The highest BCUT2D eigenvalue weighted by Gasteiger charge is 2.30. The van der Waals surface area contributed by atoms with Crippen LogP contribution in [-0.2, 0) is 4.74 Å². The Labute approximate surface area is 116 Å². The average Bonchev–Trinajstić information content (AvgIpc) is 2.40. The molecule has 1 aliphatic rings. The first-order chi connectivity index (χ1) is 9.02. The predicted molar refractivity (Wildman–Crippen MR) is 77.5 cm³/mol. The van der Waals surface area contributed by atoms with Crippen molar-refractivity contribution in [3.63, 3.8) is 0 Å². The molecule has 1 fully saturated rings. The lowest BCUT2D eigenvalue weighted by Crippen LogP contribution is -2.49. The van der Waals surface area contributed by atoms with Gasteiger partial charge in [-0.15, -0.1) is 0 Å². The molecule has 1 N–H and O–H groups in total. The van der Waals surface area contributed by atoms with Gasteiger partial charge in [0.1, 0.15) is 5.75 Å². The van der Waals surface area contributed by atoms with Gasteiger partial charge in [-0.3, -0.25) is 4.90 Å². The maximum absolute atomic E-state index is 10.1. The molecule has 1 aromatic carbocycles. The van der Waals surface area contributed by atoms with Crippen molar-refractivity contribution in [1.29, 1.82) is 0 Å². The number of nitrogens with zero attached hydrogens (tertiary/aromatic N) is 1. The molecular formula is C16H25NO2. The van der Waals surface area contributed by atoms with E-state index in [-0.39, 0.29) is 12.1 Å². The zero-order chi connectivity index (χ0) is 14.0. The van der Waals surface area contributed by atoms with Gasteiger partial charge in [0.2, 0.25) is 0 Å². The first-order valence-electron chi connectivity index (χ1n) is 7.19. The van der Waals surface area contributed by atoms with Crippen LogP contribution in [0.3, 0.4) is 0 Å². The summed E-state index contributed by atoms with van der Waals surface area (Å²) >= 11 is 0. The van der Waals surface area contributed by atoms with Gasteiger partial charge in [0.05, 0.1) is 12.7 Å². The van der Waals surface area contributed by atoms with E-state index in [1.54, 1.807) is 6.07 Å². The number of phenolic OH excluding ortho intramolecular Hbond substituents is 1. The van der Waals surface area contributed by atoms with Crippen molar-refractivity contribution in [2.75, 3.05) is 13.2 Å². The number of phenols is 1. The minimum atomic E-state index is 0.219. The van der Waals surface area contributed by atoms with E-state index in [1.807, 2.05) is 6.07 Å². The second-order valence-corrected chi connectivity index (χ2v) is 5.64. The first-order valence-corrected chi connectivity index (χ1v) is 7.19. The Kier molecular flexibility index (Phi) is 4.48. The van der Waals surface area contributed by atoms with Crippen molar-refractivity contribution in [2.24, 2.45) is 0 Å². The van der Waals surface area contributed by atoms with Crippen LogP contribution in [0.5, 0.6) is 5.75 Å². The molecule has 0 aliphatic carbocycles. The molecule has 0 aromatic heterocycles. The van der Waals surface area contributed by atoms with E-state index in [0.29, 0.717) is 11.8 Å². The van der Waals surface area contributed by atoms with Crippen LogP contribution in [0.1, 0.15) is 44.4 Å². The Morgan fingerprint density at radius 1 is 1.47 bits per heavy atom. The van der Waals surface area contributed by atoms with E-state index in [0.717, 1.165) is 25.1 Å². The highest BCUT2D eigenvalue weighted by Crippen LogP contribution is 2.32. The fourth-order valence-corrected chi connectivity index (χ4v) is 2.88. The number of hydrogen-bond acceptors (Lipinski definition) is 3. The lowest BCUT2D eigenvalue weighted by Gasteiger charge is -2.42. The summed E-state index contributed by atoms with van der Waals surface area (Å²) in [5.74, 6) is 0.395. The standard InChI is InChI=1S/C16H25NO2/c1-5-14-10-19-12(3)9-17(14)13(4)15-8-11(2)6-7-16(15)18/h6-8,12-14,18H,5,9-10H2,1-4H3. The minimum Gasteiger partial charge on any atom is -0.508 e. The lowest BCUT2D eigenvalue weighted by atomic mass is 9.99. The van der Waals surface area contributed by atoms with Crippen LogP contribution in [0.4, 0.5) is 0 Å². The fourth-order valence-electron chi connectivity index (χ4n) is 2.88. The third-order valence-electron chi connectivity index (χ3n) is 4.11. The number of aryl methyl sites for hydroxylation is 1. The highest BCUT2D eigenvalue weighted by molar-refractivity contribution is 5.37. The van der Waals surface area contributed by atoms with Crippen LogP contribution in [-0.4, -0.2) is 35.3 Å². The second-order valence-electron chi connectivity index (χ2n) is 5.64. The summed E-state index contributed by atoms with van der Waals surface area (Å²) in [6, 6.07) is 6.49. The van der Waals surface area contributed by atoms with Crippen molar-refractivity contribution < 1.29 is 9.84 Å². The van der Waals surface area contributed by atoms with Gasteiger partial charge in [0, 0.05) is 24.2 Å².